The number of ketones is 1. The van der Waals surface area contributed by atoms with E-state index in [0.717, 1.165) is 23.8 Å². The van der Waals surface area contributed by atoms with Crippen molar-refractivity contribution in [2.24, 2.45) is 11.8 Å². The summed E-state index contributed by atoms with van der Waals surface area (Å²) in [6.07, 6.45) is 9.97. The predicted molar refractivity (Wildman–Crippen MR) is 53.4 cm³/mol. The van der Waals surface area contributed by atoms with E-state index in [0.29, 0.717) is 5.78 Å². The average Bonchev–Trinajstić information content (AvgIpc) is 2.17. The molecule has 1 heteroatoms. The van der Waals surface area contributed by atoms with Crippen LogP contribution in [-0.4, -0.2) is 5.78 Å². The Morgan fingerprint density at radius 1 is 1.31 bits per heavy atom. The lowest BCUT2D eigenvalue weighted by Crippen LogP contribution is -2.24. The molecule has 0 radical (unpaired) electrons. The van der Waals surface area contributed by atoms with E-state index >= 15 is 0 Å². The van der Waals surface area contributed by atoms with E-state index in [2.05, 4.69) is 6.08 Å². The van der Waals surface area contributed by atoms with Gasteiger partial charge in [-0.25, -0.2) is 0 Å². The predicted octanol–water partition coefficient (Wildman–Crippen LogP) is 3.10. The summed E-state index contributed by atoms with van der Waals surface area (Å²) >= 11 is 0. The molecule has 0 aliphatic heterocycles. The Bertz CT molecular complexity index is 240. The molecule has 13 heavy (non-hydrogen) atoms. The number of carbonyl (C=O) groups is 1. The topological polar surface area (TPSA) is 17.1 Å². The first kappa shape index (κ1) is 8.98. The van der Waals surface area contributed by atoms with Crippen LogP contribution in [0.15, 0.2) is 11.6 Å². The molecule has 2 aliphatic rings. The van der Waals surface area contributed by atoms with E-state index in [1.807, 2.05) is 0 Å². The smallest absolute Gasteiger partial charge is 0.155 e. The summed E-state index contributed by atoms with van der Waals surface area (Å²) in [7, 11) is 0. The zero-order chi connectivity index (χ0) is 9.26. The number of allylic oxidation sites excluding steroid dienone is 2. The molecule has 72 valence electrons. The molecule has 2 rings (SSSR count). The molecule has 0 aromatic carbocycles. The highest BCUT2D eigenvalue weighted by Gasteiger charge is 2.28. The van der Waals surface area contributed by atoms with Gasteiger partial charge in [-0.2, -0.15) is 0 Å². The van der Waals surface area contributed by atoms with Gasteiger partial charge in [0.05, 0.1) is 0 Å². The summed E-state index contributed by atoms with van der Waals surface area (Å²) in [4.78, 5) is 11.2. The summed E-state index contributed by atoms with van der Waals surface area (Å²) < 4.78 is 0. The van der Waals surface area contributed by atoms with E-state index in [-0.39, 0.29) is 0 Å². The van der Waals surface area contributed by atoms with Crippen molar-refractivity contribution in [2.45, 2.75) is 45.4 Å². The van der Waals surface area contributed by atoms with Crippen molar-refractivity contribution in [2.75, 3.05) is 0 Å². The van der Waals surface area contributed by atoms with E-state index < -0.39 is 0 Å². The van der Waals surface area contributed by atoms with Gasteiger partial charge in [0.1, 0.15) is 0 Å². The largest absolute Gasteiger partial charge is 0.295 e. The van der Waals surface area contributed by atoms with Crippen molar-refractivity contribution in [3.8, 4) is 0 Å². The van der Waals surface area contributed by atoms with E-state index in [1.165, 1.54) is 32.1 Å². The third-order valence-corrected chi connectivity index (χ3v) is 3.67. The minimum absolute atomic E-state index is 0.295. The molecule has 1 nitrogen and oxygen atoms in total. The van der Waals surface area contributed by atoms with Gasteiger partial charge >= 0.3 is 0 Å². The van der Waals surface area contributed by atoms with Crippen LogP contribution >= 0.6 is 0 Å². The molecule has 0 aromatic rings. The van der Waals surface area contributed by atoms with E-state index in [4.69, 9.17) is 0 Å². The van der Waals surface area contributed by atoms with Crippen LogP contribution in [0, 0.1) is 11.8 Å². The summed E-state index contributed by atoms with van der Waals surface area (Å²) in [5, 5.41) is 0. The SMILES string of the molecule is CC(=O)C1=CCC2CCCCC2C1. The van der Waals surface area contributed by atoms with Crippen LogP contribution < -0.4 is 0 Å². The monoisotopic (exact) mass is 178 g/mol. The number of hydrogen-bond donors (Lipinski definition) is 0. The molecule has 2 aliphatic carbocycles. The maximum atomic E-state index is 11.2. The Morgan fingerprint density at radius 2 is 2.00 bits per heavy atom. The molecule has 0 spiro atoms. The van der Waals surface area contributed by atoms with Crippen LogP contribution in [0.25, 0.3) is 0 Å². The van der Waals surface area contributed by atoms with Crippen LogP contribution in [0.3, 0.4) is 0 Å². The molecule has 0 amide bonds. The van der Waals surface area contributed by atoms with Crippen molar-refractivity contribution < 1.29 is 4.79 Å². The zero-order valence-electron chi connectivity index (χ0n) is 8.38. The standard InChI is InChI=1S/C12H18O/c1-9(13)11-7-6-10-4-2-3-5-12(10)8-11/h7,10,12H,2-6,8H2,1H3. The first-order valence-electron chi connectivity index (χ1n) is 5.47. The maximum absolute atomic E-state index is 11.2. The number of Topliss-reactive ketones (excluding diaryl/α,β-unsaturated/α-hetero) is 1. The number of fused-ring (bicyclic) bond motifs is 1. The third-order valence-electron chi connectivity index (χ3n) is 3.67. The molecule has 0 heterocycles. The summed E-state index contributed by atoms with van der Waals surface area (Å²) in [6, 6.07) is 0. The van der Waals surface area contributed by atoms with Gasteiger partial charge in [-0.1, -0.05) is 18.9 Å². The van der Waals surface area contributed by atoms with Gasteiger partial charge in [-0.05, 0) is 50.0 Å². The van der Waals surface area contributed by atoms with Crippen molar-refractivity contribution in [3.63, 3.8) is 0 Å². The minimum Gasteiger partial charge on any atom is -0.295 e. The van der Waals surface area contributed by atoms with Crippen LogP contribution in [0.5, 0.6) is 0 Å². The lowest BCUT2D eigenvalue weighted by molar-refractivity contribution is -0.114. The molecule has 0 saturated heterocycles. The Kier molecular flexibility index (Phi) is 2.52. The summed E-state index contributed by atoms with van der Waals surface area (Å²) in [5.41, 5.74) is 1.10. The first-order valence-corrected chi connectivity index (χ1v) is 5.47. The van der Waals surface area contributed by atoms with Crippen LogP contribution in [0.2, 0.25) is 0 Å². The Hall–Kier alpha value is -0.590. The van der Waals surface area contributed by atoms with E-state index in [9.17, 15) is 4.79 Å². The van der Waals surface area contributed by atoms with Crippen molar-refractivity contribution in [1.82, 2.24) is 0 Å². The fourth-order valence-corrected chi connectivity index (χ4v) is 2.81. The van der Waals surface area contributed by atoms with Crippen LogP contribution in [-0.2, 0) is 4.79 Å². The van der Waals surface area contributed by atoms with Crippen LogP contribution in [0.4, 0.5) is 0 Å². The maximum Gasteiger partial charge on any atom is 0.155 e. The Labute approximate surface area is 80.2 Å². The lowest BCUT2D eigenvalue weighted by atomic mass is 9.71. The highest BCUT2D eigenvalue weighted by atomic mass is 16.1. The van der Waals surface area contributed by atoms with Gasteiger partial charge in [-0.3, -0.25) is 4.79 Å². The normalized spacial score (nSPS) is 33.5. The highest BCUT2D eigenvalue weighted by Crippen LogP contribution is 2.39. The molecule has 0 aromatic heterocycles. The first-order chi connectivity index (χ1) is 6.27. The Balaban J connectivity index is 2.06. The minimum atomic E-state index is 0.295. The van der Waals surface area contributed by atoms with Gasteiger partial charge in [0.2, 0.25) is 0 Å². The summed E-state index contributed by atoms with van der Waals surface area (Å²) in [6.45, 7) is 1.70. The zero-order valence-corrected chi connectivity index (χ0v) is 8.38. The van der Waals surface area contributed by atoms with Gasteiger partial charge in [-0.15, -0.1) is 0 Å². The molecular formula is C12H18O. The van der Waals surface area contributed by atoms with Gasteiger partial charge in [0.25, 0.3) is 0 Å². The summed E-state index contributed by atoms with van der Waals surface area (Å²) in [5.74, 6) is 2.03. The average molecular weight is 178 g/mol. The molecule has 2 unspecified atom stereocenters. The van der Waals surface area contributed by atoms with Gasteiger partial charge in [0, 0.05) is 0 Å². The molecule has 0 bridgehead atoms. The van der Waals surface area contributed by atoms with Crippen molar-refractivity contribution in [1.29, 1.82) is 0 Å². The second kappa shape index (κ2) is 3.65. The van der Waals surface area contributed by atoms with Gasteiger partial charge in [0.15, 0.2) is 5.78 Å². The number of hydrogen-bond acceptors (Lipinski definition) is 1. The molecular weight excluding hydrogens is 160 g/mol. The Morgan fingerprint density at radius 3 is 2.69 bits per heavy atom. The van der Waals surface area contributed by atoms with Crippen LogP contribution in [0.1, 0.15) is 45.4 Å². The second-order valence-electron chi connectivity index (χ2n) is 4.53. The lowest BCUT2D eigenvalue weighted by Gasteiger charge is -2.34. The molecule has 1 fully saturated rings. The fourth-order valence-electron chi connectivity index (χ4n) is 2.81. The molecule has 1 saturated carbocycles. The van der Waals surface area contributed by atoms with E-state index in [1.54, 1.807) is 6.92 Å². The number of rotatable bonds is 1. The number of carbonyl (C=O) groups excluding carboxylic acids is 1. The molecule has 2 atom stereocenters. The molecule has 0 N–H and O–H groups in total. The fraction of sp³-hybridized carbons (Fsp3) is 0.750. The second-order valence-corrected chi connectivity index (χ2v) is 4.53. The van der Waals surface area contributed by atoms with Crippen molar-refractivity contribution >= 4 is 5.78 Å². The van der Waals surface area contributed by atoms with Crippen molar-refractivity contribution in [3.05, 3.63) is 11.6 Å². The third kappa shape index (κ3) is 1.84. The highest BCUT2D eigenvalue weighted by molar-refractivity contribution is 5.93. The van der Waals surface area contributed by atoms with Gasteiger partial charge < -0.3 is 0 Å². The quantitative estimate of drug-likeness (QED) is 0.603.